The van der Waals surface area contributed by atoms with Crippen molar-refractivity contribution in [3.8, 4) is 0 Å². The van der Waals surface area contributed by atoms with Crippen LogP contribution in [0.4, 0.5) is 0 Å². The topological polar surface area (TPSA) is 0 Å². The fourth-order valence-electron chi connectivity index (χ4n) is 4.43. The summed E-state index contributed by atoms with van der Waals surface area (Å²) < 4.78 is 0. The highest BCUT2D eigenvalue weighted by molar-refractivity contribution is 5.01. The van der Waals surface area contributed by atoms with Gasteiger partial charge in [-0.3, -0.25) is 0 Å². The van der Waals surface area contributed by atoms with Crippen LogP contribution in [0.1, 0.15) is 38.5 Å². The van der Waals surface area contributed by atoms with Gasteiger partial charge in [-0.05, 0) is 68.1 Å². The highest BCUT2D eigenvalue weighted by Crippen LogP contribution is 2.58. The second-order valence-electron chi connectivity index (χ2n) is 5.47. The molecule has 0 amide bonds. The Kier molecular flexibility index (Phi) is 1.78. The molecule has 3 aliphatic carbocycles. The van der Waals surface area contributed by atoms with E-state index in [9.17, 15) is 0 Å². The maximum Gasteiger partial charge on any atom is -0.0233 e. The Hall–Kier alpha value is -0.260. The average molecular weight is 176 g/mol. The fraction of sp³-hybridized carbons (Fsp3) is 0.846. The Morgan fingerprint density at radius 2 is 1.62 bits per heavy atom. The molecule has 5 unspecified atom stereocenters. The Morgan fingerprint density at radius 1 is 0.846 bits per heavy atom. The Labute approximate surface area is 81.4 Å². The van der Waals surface area contributed by atoms with E-state index in [1.165, 1.54) is 19.3 Å². The first-order chi connectivity index (χ1) is 6.38. The number of rotatable bonds is 1. The molecular formula is C13H20. The van der Waals surface area contributed by atoms with Crippen molar-refractivity contribution in [2.45, 2.75) is 38.5 Å². The molecule has 0 aromatic heterocycles. The van der Waals surface area contributed by atoms with Crippen LogP contribution in [-0.2, 0) is 0 Å². The van der Waals surface area contributed by atoms with Gasteiger partial charge >= 0.3 is 0 Å². The normalized spacial score (nSPS) is 53.4. The van der Waals surface area contributed by atoms with Gasteiger partial charge in [-0.2, -0.15) is 0 Å². The molecule has 0 N–H and O–H groups in total. The van der Waals surface area contributed by atoms with Crippen molar-refractivity contribution >= 4 is 0 Å². The lowest BCUT2D eigenvalue weighted by Gasteiger charge is -2.38. The van der Waals surface area contributed by atoms with Gasteiger partial charge in [0.2, 0.25) is 0 Å². The van der Waals surface area contributed by atoms with Gasteiger partial charge in [0.15, 0.2) is 0 Å². The summed E-state index contributed by atoms with van der Waals surface area (Å²) in [7, 11) is 0. The van der Waals surface area contributed by atoms with Gasteiger partial charge in [0.1, 0.15) is 0 Å². The van der Waals surface area contributed by atoms with Crippen molar-refractivity contribution in [2.24, 2.45) is 29.6 Å². The lowest BCUT2D eigenvalue weighted by Crippen LogP contribution is -2.29. The van der Waals surface area contributed by atoms with Crippen molar-refractivity contribution < 1.29 is 0 Å². The molecule has 72 valence electrons. The third-order valence-electron chi connectivity index (χ3n) is 5.05. The summed E-state index contributed by atoms with van der Waals surface area (Å²) >= 11 is 0. The smallest absolute Gasteiger partial charge is 0.0233 e. The molecule has 13 heavy (non-hydrogen) atoms. The zero-order valence-electron chi connectivity index (χ0n) is 8.41. The molecule has 0 radical (unpaired) electrons. The van der Waals surface area contributed by atoms with Crippen LogP contribution in [0.5, 0.6) is 0 Å². The van der Waals surface area contributed by atoms with Crippen LogP contribution in [0.25, 0.3) is 0 Å². The van der Waals surface area contributed by atoms with E-state index in [4.69, 9.17) is 0 Å². The maximum atomic E-state index is 3.96. The molecule has 0 heterocycles. The third kappa shape index (κ3) is 1.11. The zero-order valence-corrected chi connectivity index (χ0v) is 8.41. The van der Waals surface area contributed by atoms with E-state index in [0.29, 0.717) is 0 Å². The minimum Gasteiger partial charge on any atom is -0.103 e. The maximum absolute atomic E-state index is 3.96. The van der Waals surface area contributed by atoms with E-state index >= 15 is 0 Å². The van der Waals surface area contributed by atoms with Crippen molar-refractivity contribution in [2.75, 3.05) is 0 Å². The molecular weight excluding hydrogens is 156 g/mol. The predicted molar refractivity (Wildman–Crippen MR) is 55.3 cm³/mol. The SMILES string of the molecule is C=CC1CCC2C3CCC(C3)C2C1. The molecule has 0 aromatic carbocycles. The van der Waals surface area contributed by atoms with Gasteiger partial charge in [0, 0.05) is 0 Å². The fourth-order valence-corrected chi connectivity index (χ4v) is 4.43. The Bertz CT molecular complexity index is 218. The van der Waals surface area contributed by atoms with E-state index < -0.39 is 0 Å². The van der Waals surface area contributed by atoms with Crippen LogP contribution in [0, 0.1) is 29.6 Å². The van der Waals surface area contributed by atoms with Crippen LogP contribution in [-0.4, -0.2) is 0 Å². The first kappa shape index (κ1) is 8.08. The van der Waals surface area contributed by atoms with E-state index in [0.717, 1.165) is 29.6 Å². The summed E-state index contributed by atoms with van der Waals surface area (Å²) in [5.41, 5.74) is 0. The van der Waals surface area contributed by atoms with Gasteiger partial charge in [-0.15, -0.1) is 6.58 Å². The van der Waals surface area contributed by atoms with Crippen LogP contribution >= 0.6 is 0 Å². The largest absolute Gasteiger partial charge is 0.103 e. The molecule has 3 aliphatic rings. The first-order valence-corrected chi connectivity index (χ1v) is 6.01. The van der Waals surface area contributed by atoms with Gasteiger partial charge in [0.05, 0.1) is 0 Å². The summed E-state index contributed by atoms with van der Waals surface area (Å²) in [5, 5.41) is 0. The van der Waals surface area contributed by atoms with E-state index in [2.05, 4.69) is 12.7 Å². The molecule has 0 spiro atoms. The zero-order chi connectivity index (χ0) is 8.84. The molecule has 5 atom stereocenters. The summed E-state index contributed by atoms with van der Waals surface area (Å²) in [5.74, 6) is 5.37. The molecule has 3 saturated carbocycles. The van der Waals surface area contributed by atoms with Crippen molar-refractivity contribution in [3.63, 3.8) is 0 Å². The van der Waals surface area contributed by atoms with Gasteiger partial charge in [0.25, 0.3) is 0 Å². The summed E-state index contributed by atoms with van der Waals surface area (Å²) in [6.07, 6.45) is 11.3. The number of hydrogen-bond acceptors (Lipinski definition) is 0. The van der Waals surface area contributed by atoms with Crippen molar-refractivity contribution in [1.82, 2.24) is 0 Å². The highest BCUT2D eigenvalue weighted by Gasteiger charge is 2.48. The molecule has 3 fully saturated rings. The van der Waals surface area contributed by atoms with E-state index in [-0.39, 0.29) is 0 Å². The lowest BCUT2D eigenvalue weighted by molar-refractivity contribution is 0.135. The van der Waals surface area contributed by atoms with Crippen LogP contribution in [0.2, 0.25) is 0 Å². The second-order valence-corrected chi connectivity index (χ2v) is 5.47. The van der Waals surface area contributed by atoms with Gasteiger partial charge < -0.3 is 0 Å². The Balaban J connectivity index is 1.77. The number of fused-ring (bicyclic) bond motifs is 5. The molecule has 0 heteroatoms. The van der Waals surface area contributed by atoms with Crippen LogP contribution in [0.15, 0.2) is 12.7 Å². The lowest BCUT2D eigenvalue weighted by atomic mass is 9.67. The standard InChI is InChI=1S/C13H20/c1-2-9-3-6-12-10-4-5-11(8-10)13(12)7-9/h2,9-13H,1,3-8H2. The summed E-state index contributed by atoms with van der Waals surface area (Å²) in [6, 6.07) is 0. The van der Waals surface area contributed by atoms with E-state index in [1.54, 1.807) is 19.3 Å². The molecule has 0 aliphatic heterocycles. The van der Waals surface area contributed by atoms with E-state index in [1.807, 2.05) is 0 Å². The van der Waals surface area contributed by atoms with Gasteiger partial charge in [-0.25, -0.2) is 0 Å². The highest BCUT2D eigenvalue weighted by atomic mass is 14.5. The van der Waals surface area contributed by atoms with Gasteiger partial charge in [-0.1, -0.05) is 6.08 Å². The summed E-state index contributed by atoms with van der Waals surface area (Å²) in [6.45, 7) is 3.96. The minimum atomic E-state index is 0.862. The first-order valence-electron chi connectivity index (χ1n) is 6.01. The molecule has 0 aromatic rings. The van der Waals surface area contributed by atoms with Crippen molar-refractivity contribution in [1.29, 1.82) is 0 Å². The monoisotopic (exact) mass is 176 g/mol. The Morgan fingerprint density at radius 3 is 2.38 bits per heavy atom. The molecule has 0 nitrogen and oxygen atoms in total. The number of hydrogen-bond donors (Lipinski definition) is 0. The third-order valence-corrected chi connectivity index (χ3v) is 5.05. The summed E-state index contributed by atoms with van der Waals surface area (Å²) in [4.78, 5) is 0. The molecule has 3 rings (SSSR count). The molecule has 2 bridgehead atoms. The minimum absolute atomic E-state index is 0.862. The van der Waals surface area contributed by atoms with Crippen LogP contribution < -0.4 is 0 Å². The average Bonchev–Trinajstić information content (AvgIpc) is 2.77. The van der Waals surface area contributed by atoms with Crippen molar-refractivity contribution in [3.05, 3.63) is 12.7 Å². The van der Waals surface area contributed by atoms with Crippen LogP contribution in [0.3, 0.4) is 0 Å². The molecule has 0 saturated heterocycles. The quantitative estimate of drug-likeness (QED) is 0.535. The predicted octanol–water partition coefficient (Wildman–Crippen LogP) is 3.63. The second kappa shape index (κ2) is 2.87. The number of allylic oxidation sites excluding steroid dienone is 1.